The summed E-state index contributed by atoms with van der Waals surface area (Å²) >= 11 is 0. The molecule has 0 saturated heterocycles. The molecule has 0 unspecified atom stereocenters. The number of oxazole rings is 1. The molecule has 0 aromatic carbocycles. The monoisotopic (exact) mass is 168 g/mol. The highest BCUT2D eigenvalue weighted by molar-refractivity contribution is 5.93. The van der Waals surface area contributed by atoms with Crippen LogP contribution in [0.3, 0.4) is 0 Å². The molecule has 0 aliphatic heterocycles. The third-order valence-corrected chi connectivity index (χ3v) is 1.32. The molecule has 2 N–H and O–H groups in total. The Hall–Kier alpha value is -1.16. The average molecular weight is 168 g/mol. The van der Waals surface area contributed by atoms with Crippen LogP contribution in [-0.4, -0.2) is 16.3 Å². The zero-order valence-corrected chi connectivity index (χ0v) is 7.20. The van der Waals surface area contributed by atoms with Crippen LogP contribution in [0, 0.1) is 0 Å². The molecule has 0 aliphatic rings. The van der Waals surface area contributed by atoms with E-state index in [1.54, 1.807) is 13.8 Å². The molecule has 0 bridgehead atoms. The average Bonchev–Trinajstić information content (AvgIpc) is 2.32. The molecule has 0 radical (unpaired) electrons. The predicted octanol–water partition coefficient (Wildman–Crippen LogP) is 0.985. The molecule has 66 valence electrons. The van der Waals surface area contributed by atoms with Gasteiger partial charge in [0.15, 0.2) is 12.2 Å². The zero-order valence-electron chi connectivity index (χ0n) is 7.20. The van der Waals surface area contributed by atoms with Crippen molar-refractivity contribution in [3.8, 4) is 0 Å². The molecule has 1 aromatic rings. The molecular weight excluding hydrogens is 156 g/mol. The third kappa shape index (κ3) is 2.47. The summed E-state index contributed by atoms with van der Waals surface area (Å²) in [7, 11) is 0. The lowest BCUT2D eigenvalue weighted by Crippen LogP contribution is -2.34. The summed E-state index contributed by atoms with van der Waals surface area (Å²) < 4.78 is 4.82. The van der Waals surface area contributed by atoms with E-state index in [1.807, 2.05) is 0 Å². The first-order chi connectivity index (χ1) is 5.49. The Morgan fingerprint density at radius 1 is 1.75 bits per heavy atom. The van der Waals surface area contributed by atoms with E-state index in [2.05, 4.69) is 4.98 Å². The van der Waals surface area contributed by atoms with Gasteiger partial charge in [0.25, 0.3) is 0 Å². The van der Waals surface area contributed by atoms with Crippen molar-refractivity contribution in [2.45, 2.75) is 25.8 Å². The summed E-state index contributed by atoms with van der Waals surface area (Å²) in [6.07, 6.45) is 2.90. The Labute approximate surface area is 70.8 Å². The van der Waals surface area contributed by atoms with E-state index in [1.165, 1.54) is 12.6 Å². The van der Waals surface area contributed by atoms with Crippen LogP contribution < -0.4 is 5.73 Å². The van der Waals surface area contributed by atoms with Gasteiger partial charge in [0.1, 0.15) is 0 Å². The Morgan fingerprint density at radius 2 is 2.42 bits per heavy atom. The van der Waals surface area contributed by atoms with Gasteiger partial charge < -0.3 is 10.2 Å². The lowest BCUT2D eigenvalue weighted by atomic mass is 9.98. The van der Waals surface area contributed by atoms with E-state index >= 15 is 0 Å². The van der Waals surface area contributed by atoms with Gasteiger partial charge in [-0.1, -0.05) is 0 Å². The van der Waals surface area contributed by atoms with Gasteiger partial charge in [0.05, 0.1) is 6.20 Å². The van der Waals surface area contributed by atoms with Crippen LogP contribution in [0.4, 0.5) is 0 Å². The SMILES string of the molecule is CC(C)(N)CC(=O)c1cnco1. The molecule has 1 heterocycles. The first-order valence-corrected chi connectivity index (χ1v) is 3.69. The lowest BCUT2D eigenvalue weighted by Gasteiger charge is -2.15. The predicted molar refractivity (Wildman–Crippen MR) is 43.7 cm³/mol. The van der Waals surface area contributed by atoms with E-state index in [0.717, 1.165) is 0 Å². The Kier molecular flexibility index (Phi) is 2.28. The number of hydrogen-bond donors (Lipinski definition) is 1. The van der Waals surface area contributed by atoms with Gasteiger partial charge in [-0.2, -0.15) is 0 Å². The number of carbonyl (C=O) groups is 1. The van der Waals surface area contributed by atoms with Gasteiger partial charge in [0, 0.05) is 12.0 Å². The van der Waals surface area contributed by atoms with Crippen LogP contribution in [-0.2, 0) is 0 Å². The minimum atomic E-state index is -0.496. The molecule has 0 spiro atoms. The van der Waals surface area contributed by atoms with Gasteiger partial charge in [-0.25, -0.2) is 4.98 Å². The normalized spacial score (nSPS) is 11.6. The molecule has 1 rings (SSSR count). The van der Waals surface area contributed by atoms with E-state index in [9.17, 15) is 4.79 Å². The lowest BCUT2D eigenvalue weighted by molar-refractivity contribution is 0.0933. The first-order valence-electron chi connectivity index (χ1n) is 3.69. The Morgan fingerprint density at radius 3 is 2.83 bits per heavy atom. The summed E-state index contributed by atoms with van der Waals surface area (Å²) in [6.45, 7) is 3.59. The molecule has 0 fully saturated rings. The van der Waals surface area contributed by atoms with Crippen molar-refractivity contribution in [1.82, 2.24) is 4.98 Å². The number of carbonyl (C=O) groups excluding carboxylic acids is 1. The number of Topliss-reactive ketones (excluding diaryl/α,β-unsaturated/α-hetero) is 1. The number of aromatic nitrogens is 1. The van der Waals surface area contributed by atoms with Crippen LogP contribution in [0.25, 0.3) is 0 Å². The summed E-state index contributed by atoms with van der Waals surface area (Å²) in [5, 5.41) is 0. The fourth-order valence-corrected chi connectivity index (χ4v) is 0.854. The van der Waals surface area contributed by atoms with Gasteiger partial charge in [-0.05, 0) is 13.8 Å². The van der Waals surface area contributed by atoms with Crippen LogP contribution in [0.15, 0.2) is 17.0 Å². The maximum Gasteiger partial charge on any atom is 0.201 e. The molecular formula is C8H12N2O2. The molecule has 0 atom stereocenters. The molecule has 0 saturated carbocycles. The zero-order chi connectivity index (χ0) is 9.19. The standard InChI is InChI=1S/C8H12N2O2/c1-8(2,9)3-6(11)7-4-10-5-12-7/h4-5H,3,9H2,1-2H3. The van der Waals surface area contributed by atoms with Crippen molar-refractivity contribution in [3.63, 3.8) is 0 Å². The van der Waals surface area contributed by atoms with Gasteiger partial charge in [0.2, 0.25) is 5.78 Å². The molecule has 0 amide bonds. The number of rotatable bonds is 3. The summed E-state index contributed by atoms with van der Waals surface area (Å²) in [6, 6.07) is 0. The highest BCUT2D eigenvalue weighted by Crippen LogP contribution is 2.09. The Bertz CT molecular complexity index is 259. The fourth-order valence-electron chi connectivity index (χ4n) is 0.854. The Balaban J connectivity index is 2.63. The molecule has 0 aliphatic carbocycles. The minimum absolute atomic E-state index is 0.111. The smallest absolute Gasteiger partial charge is 0.201 e. The van der Waals surface area contributed by atoms with Gasteiger partial charge in [-0.3, -0.25) is 4.79 Å². The van der Waals surface area contributed by atoms with Crippen molar-refractivity contribution in [3.05, 3.63) is 18.4 Å². The minimum Gasteiger partial charge on any atom is -0.440 e. The van der Waals surface area contributed by atoms with E-state index in [4.69, 9.17) is 10.2 Å². The topological polar surface area (TPSA) is 69.1 Å². The largest absolute Gasteiger partial charge is 0.440 e. The number of hydrogen-bond acceptors (Lipinski definition) is 4. The van der Waals surface area contributed by atoms with Crippen molar-refractivity contribution in [2.24, 2.45) is 5.73 Å². The highest BCUT2D eigenvalue weighted by atomic mass is 16.3. The van der Waals surface area contributed by atoms with E-state index in [-0.39, 0.29) is 18.0 Å². The summed E-state index contributed by atoms with van der Waals surface area (Å²) in [5.41, 5.74) is 5.16. The van der Waals surface area contributed by atoms with Gasteiger partial charge in [-0.15, -0.1) is 0 Å². The van der Waals surface area contributed by atoms with Crippen LogP contribution >= 0.6 is 0 Å². The van der Waals surface area contributed by atoms with Crippen molar-refractivity contribution >= 4 is 5.78 Å². The van der Waals surface area contributed by atoms with E-state index in [0.29, 0.717) is 0 Å². The van der Waals surface area contributed by atoms with Crippen LogP contribution in [0.5, 0.6) is 0 Å². The highest BCUT2D eigenvalue weighted by Gasteiger charge is 2.19. The van der Waals surface area contributed by atoms with Gasteiger partial charge >= 0.3 is 0 Å². The third-order valence-electron chi connectivity index (χ3n) is 1.32. The van der Waals surface area contributed by atoms with Crippen molar-refractivity contribution < 1.29 is 9.21 Å². The van der Waals surface area contributed by atoms with Crippen molar-refractivity contribution in [1.29, 1.82) is 0 Å². The van der Waals surface area contributed by atoms with E-state index < -0.39 is 5.54 Å². The van der Waals surface area contributed by atoms with Crippen molar-refractivity contribution in [2.75, 3.05) is 0 Å². The molecule has 12 heavy (non-hydrogen) atoms. The summed E-state index contributed by atoms with van der Waals surface area (Å²) in [4.78, 5) is 15.0. The second-order valence-corrected chi connectivity index (χ2v) is 3.45. The molecule has 1 aromatic heterocycles. The maximum atomic E-state index is 11.3. The maximum absolute atomic E-state index is 11.3. The first kappa shape index (κ1) is 8.93. The van der Waals surface area contributed by atoms with Crippen LogP contribution in [0.2, 0.25) is 0 Å². The van der Waals surface area contributed by atoms with Crippen LogP contribution in [0.1, 0.15) is 30.8 Å². The fraction of sp³-hybridized carbons (Fsp3) is 0.500. The number of nitrogens with zero attached hydrogens (tertiary/aromatic N) is 1. The quantitative estimate of drug-likeness (QED) is 0.683. The molecule has 4 heteroatoms. The second kappa shape index (κ2) is 3.06. The number of ketones is 1. The summed E-state index contributed by atoms with van der Waals surface area (Å²) in [5.74, 6) is 0.161. The molecule has 4 nitrogen and oxygen atoms in total. The second-order valence-electron chi connectivity index (χ2n) is 3.45. The number of nitrogens with two attached hydrogens (primary N) is 1.